The smallest absolute Gasteiger partial charge is 0.258 e. The summed E-state index contributed by atoms with van der Waals surface area (Å²) in [6, 6.07) is 0. The van der Waals surface area contributed by atoms with E-state index in [9.17, 15) is 10.1 Å². The molecule has 0 fully saturated rings. The molecule has 1 aliphatic heterocycles. The molecule has 4 nitrogen and oxygen atoms in total. The summed E-state index contributed by atoms with van der Waals surface area (Å²) >= 11 is 11.3. The maximum atomic E-state index is 10.4. The highest BCUT2D eigenvalue weighted by Gasteiger charge is 2.25. The summed E-state index contributed by atoms with van der Waals surface area (Å²) in [7, 11) is 0. The van der Waals surface area contributed by atoms with E-state index < -0.39 is 10.4 Å². The van der Waals surface area contributed by atoms with Crippen molar-refractivity contribution in [3.63, 3.8) is 0 Å². The summed E-state index contributed by atoms with van der Waals surface area (Å²) in [5, 5.41) is 10.3. The summed E-state index contributed by atoms with van der Waals surface area (Å²) in [4.78, 5) is 13.6. The van der Waals surface area contributed by atoms with E-state index in [0.717, 1.165) is 0 Å². The number of nitro groups is 1. The van der Waals surface area contributed by atoms with E-state index in [0.29, 0.717) is 5.57 Å². The van der Waals surface area contributed by atoms with Crippen LogP contribution in [0.15, 0.2) is 28.4 Å². The summed E-state index contributed by atoms with van der Waals surface area (Å²) < 4.78 is 0. The fourth-order valence-electron chi connectivity index (χ4n) is 0.875. The molecule has 13 heavy (non-hydrogen) atoms. The molecular formula is C7H6Cl2N2O2. The lowest BCUT2D eigenvalue weighted by molar-refractivity contribution is -0.414. The molecule has 6 heteroatoms. The highest BCUT2D eigenvalue weighted by atomic mass is 35.5. The van der Waals surface area contributed by atoms with Gasteiger partial charge in [0.25, 0.3) is 0 Å². The Balaban J connectivity index is 3.10. The monoisotopic (exact) mass is 220 g/mol. The van der Waals surface area contributed by atoms with Crippen LogP contribution in [0.4, 0.5) is 0 Å². The van der Waals surface area contributed by atoms with Gasteiger partial charge < -0.3 is 0 Å². The molecule has 1 unspecified atom stereocenters. The highest BCUT2D eigenvalue weighted by Crippen LogP contribution is 2.23. The Labute approximate surface area is 84.7 Å². The average molecular weight is 221 g/mol. The average Bonchev–Trinajstić information content (AvgIpc) is 2.03. The lowest BCUT2D eigenvalue weighted by Crippen LogP contribution is -2.15. The highest BCUT2D eigenvalue weighted by molar-refractivity contribution is 6.69. The Morgan fingerprint density at radius 3 is 2.85 bits per heavy atom. The first-order chi connectivity index (χ1) is 6.06. The minimum Gasteiger partial charge on any atom is -0.258 e. The second kappa shape index (κ2) is 3.89. The summed E-state index contributed by atoms with van der Waals surface area (Å²) in [6.07, 6.45) is 2.99. The van der Waals surface area contributed by atoms with Gasteiger partial charge in [0.2, 0.25) is 5.17 Å². The SMILES string of the molecule is C/C=C1/C=C([N+](=O)[O-])C(Cl)=NC1Cl. The topological polar surface area (TPSA) is 55.5 Å². The van der Waals surface area contributed by atoms with Crippen molar-refractivity contribution in [3.05, 3.63) is 33.5 Å². The predicted octanol–water partition coefficient (Wildman–Crippen LogP) is 2.31. The van der Waals surface area contributed by atoms with Crippen LogP contribution in [-0.4, -0.2) is 15.6 Å². The molecule has 0 aliphatic carbocycles. The van der Waals surface area contributed by atoms with Crippen molar-refractivity contribution in [1.29, 1.82) is 0 Å². The standard InChI is InChI=1S/C7H6Cl2N2O2/c1-2-4-3-5(11(12)13)7(9)10-6(4)8/h2-3,6H,1H3/b4-2-. The van der Waals surface area contributed by atoms with Gasteiger partial charge in [-0.2, -0.15) is 0 Å². The molecule has 0 N–H and O–H groups in total. The van der Waals surface area contributed by atoms with Gasteiger partial charge in [-0.3, -0.25) is 10.1 Å². The summed E-state index contributed by atoms with van der Waals surface area (Å²) in [5.74, 6) is 0. The van der Waals surface area contributed by atoms with E-state index in [4.69, 9.17) is 23.2 Å². The van der Waals surface area contributed by atoms with Crippen LogP contribution in [0, 0.1) is 10.1 Å². The van der Waals surface area contributed by atoms with Crippen LogP contribution in [0.5, 0.6) is 0 Å². The fraction of sp³-hybridized carbons (Fsp3) is 0.286. The molecule has 0 saturated heterocycles. The second-order valence-electron chi connectivity index (χ2n) is 2.33. The van der Waals surface area contributed by atoms with Crippen LogP contribution in [-0.2, 0) is 0 Å². The lowest BCUT2D eigenvalue weighted by atomic mass is 10.2. The third-order valence-electron chi connectivity index (χ3n) is 1.55. The fourth-order valence-corrected chi connectivity index (χ4v) is 1.43. The van der Waals surface area contributed by atoms with E-state index in [-0.39, 0.29) is 10.9 Å². The van der Waals surface area contributed by atoms with Crippen molar-refractivity contribution in [1.82, 2.24) is 0 Å². The normalized spacial score (nSPS) is 25.5. The minimum absolute atomic E-state index is 0.157. The number of rotatable bonds is 1. The van der Waals surface area contributed by atoms with Gasteiger partial charge in [-0.25, -0.2) is 4.99 Å². The predicted molar refractivity (Wildman–Crippen MR) is 51.8 cm³/mol. The lowest BCUT2D eigenvalue weighted by Gasteiger charge is -2.10. The van der Waals surface area contributed by atoms with E-state index in [1.165, 1.54) is 6.08 Å². The molecule has 1 heterocycles. The first kappa shape index (κ1) is 10.2. The zero-order valence-electron chi connectivity index (χ0n) is 6.70. The molecule has 70 valence electrons. The zero-order chi connectivity index (χ0) is 10.0. The van der Waals surface area contributed by atoms with Gasteiger partial charge in [-0.05, 0) is 12.5 Å². The maximum Gasteiger partial charge on any atom is 0.306 e. The quantitative estimate of drug-likeness (QED) is 0.295. The summed E-state index contributed by atoms with van der Waals surface area (Å²) in [6.45, 7) is 1.73. The van der Waals surface area contributed by atoms with Crippen molar-refractivity contribution in [3.8, 4) is 0 Å². The molecule has 1 rings (SSSR count). The first-order valence-corrected chi connectivity index (χ1v) is 4.27. The third-order valence-corrected chi connectivity index (χ3v) is 2.19. The molecule has 0 radical (unpaired) electrons. The van der Waals surface area contributed by atoms with Crippen molar-refractivity contribution in [2.45, 2.75) is 12.4 Å². The second-order valence-corrected chi connectivity index (χ2v) is 3.10. The number of hydrogen-bond donors (Lipinski definition) is 0. The molecule has 0 saturated carbocycles. The molecule has 0 aromatic heterocycles. The largest absolute Gasteiger partial charge is 0.306 e. The van der Waals surface area contributed by atoms with Crippen LogP contribution in [0.1, 0.15) is 6.92 Å². The van der Waals surface area contributed by atoms with E-state index in [1.807, 2.05) is 0 Å². The zero-order valence-corrected chi connectivity index (χ0v) is 8.21. The Hall–Kier alpha value is -0.870. The molecule has 0 aromatic carbocycles. The van der Waals surface area contributed by atoms with Gasteiger partial charge in [-0.15, -0.1) is 0 Å². The van der Waals surface area contributed by atoms with E-state index in [1.54, 1.807) is 13.0 Å². The molecular weight excluding hydrogens is 215 g/mol. The van der Waals surface area contributed by atoms with Crippen LogP contribution in [0.25, 0.3) is 0 Å². The number of nitrogens with zero attached hydrogens (tertiary/aromatic N) is 2. The number of dihydropyridines is 1. The number of hydrogen-bond acceptors (Lipinski definition) is 3. The number of aliphatic imine (C=N–C) groups is 1. The van der Waals surface area contributed by atoms with E-state index in [2.05, 4.69) is 4.99 Å². The van der Waals surface area contributed by atoms with Gasteiger partial charge in [-0.1, -0.05) is 29.3 Å². The van der Waals surface area contributed by atoms with E-state index >= 15 is 0 Å². The van der Waals surface area contributed by atoms with Gasteiger partial charge in [0.15, 0.2) is 5.50 Å². The Morgan fingerprint density at radius 2 is 2.38 bits per heavy atom. The van der Waals surface area contributed by atoms with Crippen molar-refractivity contribution < 1.29 is 4.92 Å². The van der Waals surface area contributed by atoms with Gasteiger partial charge in [0.05, 0.1) is 4.92 Å². The number of allylic oxidation sites excluding steroid dienone is 2. The van der Waals surface area contributed by atoms with Crippen LogP contribution in [0.2, 0.25) is 0 Å². The van der Waals surface area contributed by atoms with Crippen molar-refractivity contribution >= 4 is 28.4 Å². The molecule has 0 bridgehead atoms. The Bertz CT molecular complexity index is 333. The van der Waals surface area contributed by atoms with Gasteiger partial charge >= 0.3 is 5.70 Å². The minimum atomic E-state index is -0.624. The molecule has 0 aromatic rings. The molecule has 1 aliphatic rings. The van der Waals surface area contributed by atoms with Gasteiger partial charge in [0, 0.05) is 6.08 Å². The van der Waals surface area contributed by atoms with Crippen LogP contribution in [0.3, 0.4) is 0 Å². The Morgan fingerprint density at radius 1 is 1.77 bits per heavy atom. The van der Waals surface area contributed by atoms with Crippen molar-refractivity contribution in [2.75, 3.05) is 0 Å². The molecule has 0 spiro atoms. The summed E-state index contributed by atoms with van der Waals surface area (Å²) in [5.41, 5.74) is -0.259. The first-order valence-electron chi connectivity index (χ1n) is 3.46. The van der Waals surface area contributed by atoms with Crippen molar-refractivity contribution in [2.24, 2.45) is 4.99 Å². The number of halogens is 2. The Kier molecular flexibility index (Phi) is 3.06. The third kappa shape index (κ3) is 2.08. The molecule has 0 amide bonds. The van der Waals surface area contributed by atoms with Gasteiger partial charge in [0.1, 0.15) is 0 Å². The van der Waals surface area contributed by atoms with Crippen LogP contribution >= 0.6 is 23.2 Å². The van der Waals surface area contributed by atoms with Crippen LogP contribution < -0.4 is 0 Å². The molecule has 1 atom stereocenters. The maximum absolute atomic E-state index is 10.4. The number of alkyl halides is 1.